The van der Waals surface area contributed by atoms with Crippen molar-refractivity contribution in [2.75, 3.05) is 0 Å². The van der Waals surface area contributed by atoms with Crippen molar-refractivity contribution in [1.29, 1.82) is 0 Å². The number of aromatic hydroxyl groups is 1. The number of phenols is 1. The van der Waals surface area contributed by atoms with Gasteiger partial charge in [0.25, 0.3) is 0 Å². The predicted octanol–water partition coefficient (Wildman–Crippen LogP) is 2.95. The van der Waals surface area contributed by atoms with Crippen LogP contribution in [0.5, 0.6) is 5.75 Å². The molecule has 0 spiro atoms. The zero-order valence-corrected chi connectivity index (χ0v) is 12.4. The molecule has 0 unspecified atom stereocenters. The number of allylic oxidation sites excluding steroid dienone is 2. The van der Waals surface area contributed by atoms with E-state index in [0.29, 0.717) is 11.9 Å². The third kappa shape index (κ3) is 2.20. The van der Waals surface area contributed by atoms with Crippen molar-refractivity contribution in [2.45, 2.75) is 20.3 Å². The molecule has 5 heteroatoms. The molecule has 5 nitrogen and oxygen atoms in total. The normalized spacial score (nSPS) is 11.0. The smallest absolute Gasteiger partial charge is 0.206 e. The van der Waals surface area contributed by atoms with Gasteiger partial charge in [0.2, 0.25) is 5.43 Å². The number of benzene rings is 2. The Hall–Kier alpha value is -2.82. The van der Waals surface area contributed by atoms with Crippen molar-refractivity contribution >= 4 is 11.0 Å². The number of aromatic nitrogens is 2. The molecule has 1 heterocycles. The largest absolute Gasteiger partial charge is 0.506 e. The van der Waals surface area contributed by atoms with E-state index in [1.54, 1.807) is 18.2 Å². The van der Waals surface area contributed by atoms with Crippen LogP contribution in [0.3, 0.4) is 0 Å². The van der Waals surface area contributed by atoms with Gasteiger partial charge < -0.3 is 10.3 Å². The minimum absolute atomic E-state index is 0.0795. The lowest BCUT2D eigenvalue weighted by atomic mass is 10.1. The van der Waals surface area contributed by atoms with Crippen molar-refractivity contribution in [1.82, 2.24) is 9.71 Å². The highest BCUT2D eigenvalue weighted by Gasteiger charge is 2.18. The maximum Gasteiger partial charge on any atom is 0.206 e. The summed E-state index contributed by atoms with van der Waals surface area (Å²) in [7, 11) is 0. The van der Waals surface area contributed by atoms with E-state index in [9.17, 15) is 15.1 Å². The summed E-state index contributed by atoms with van der Waals surface area (Å²) in [6, 6.07) is 7.82. The molecule has 3 rings (SSSR count). The topological polar surface area (TPSA) is 75.4 Å². The SMILES string of the molecule is CC(C)=CCc1ccc(O)c2c1nc1c(=O)cccc-1n2O. The molecule has 0 radical (unpaired) electrons. The van der Waals surface area contributed by atoms with Gasteiger partial charge in [-0.3, -0.25) is 4.79 Å². The number of nitrogens with zero attached hydrogens (tertiary/aromatic N) is 2. The van der Waals surface area contributed by atoms with Crippen LogP contribution in [0.4, 0.5) is 0 Å². The van der Waals surface area contributed by atoms with Crippen molar-refractivity contribution < 1.29 is 10.3 Å². The van der Waals surface area contributed by atoms with Gasteiger partial charge in [-0.25, -0.2) is 4.98 Å². The van der Waals surface area contributed by atoms with E-state index in [1.165, 1.54) is 12.1 Å². The third-order valence-electron chi connectivity index (χ3n) is 3.59. The second kappa shape index (κ2) is 5.18. The van der Waals surface area contributed by atoms with Crippen LogP contribution in [0.25, 0.3) is 22.4 Å². The molecule has 2 N–H and O–H groups in total. The fourth-order valence-electron chi connectivity index (χ4n) is 2.45. The Balaban J connectivity index is 2.42. The van der Waals surface area contributed by atoms with Crippen LogP contribution in [-0.2, 0) is 6.42 Å². The quantitative estimate of drug-likeness (QED) is 0.433. The maximum atomic E-state index is 12.0. The fourth-order valence-corrected chi connectivity index (χ4v) is 2.45. The van der Waals surface area contributed by atoms with Crippen molar-refractivity contribution in [2.24, 2.45) is 0 Å². The van der Waals surface area contributed by atoms with Crippen LogP contribution in [0.1, 0.15) is 19.4 Å². The van der Waals surface area contributed by atoms with E-state index in [1.807, 2.05) is 19.9 Å². The molecule has 0 saturated heterocycles. The van der Waals surface area contributed by atoms with Crippen molar-refractivity contribution in [3.05, 3.63) is 57.8 Å². The summed E-state index contributed by atoms with van der Waals surface area (Å²) in [5, 5.41) is 20.4. The van der Waals surface area contributed by atoms with Gasteiger partial charge in [-0.1, -0.05) is 23.8 Å². The average molecular weight is 296 g/mol. The molecule has 0 atom stereocenters. The first-order valence-corrected chi connectivity index (χ1v) is 6.98. The van der Waals surface area contributed by atoms with Gasteiger partial charge in [-0.15, -0.1) is 0 Å². The van der Waals surface area contributed by atoms with E-state index >= 15 is 0 Å². The van der Waals surface area contributed by atoms with E-state index in [0.717, 1.165) is 15.9 Å². The van der Waals surface area contributed by atoms with Gasteiger partial charge in [0, 0.05) is 0 Å². The van der Waals surface area contributed by atoms with Crippen molar-refractivity contribution in [3.8, 4) is 17.1 Å². The molecule has 0 aromatic heterocycles. The van der Waals surface area contributed by atoms with E-state index in [-0.39, 0.29) is 28.1 Å². The minimum Gasteiger partial charge on any atom is -0.506 e. The molecule has 1 aromatic rings. The van der Waals surface area contributed by atoms with Gasteiger partial charge >= 0.3 is 0 Å². The summed E-state index contributed by atoms with van der Waals surface area (Å²) < 4.78 is 0.834. The number of phenolic OH excluding ortho intramolecular Hbond substituents is 1. The second-order valence-corrected chi connectivity index (χ2v) is 5.47. The van der Waals surface area contributed by atoms with E-state index in [2.05, 4.69) is 4.98 Å². The van der Waals surface area contributed by atoms with E-state index in [4.69, 9.17) is 0 Å². The number of fused-ring (bicyclic) bond motifs is 2. The van der Waals surface area contributed by atoms with Crippen LogP contribution in [0.15, 0.2) is 46.8 Å². The number of hydrogen-bond acceptors (Lipinski definition) is 4. The summed E-state index contributed by atoms with van der Waals surface area (Å²) in [4.78, 5) is 16.4. The molecule has 2 aliphatic rings. The Morgan fingerprint density at radius 2 is 2.05 bits per heavy atom. The Labute approximate surface area is 127 Å². The average Bonchev–Trinajstić information content (AvgIpc) is 2.47. The summed E-state index contributed by atoms with van der Waals surface area (Å²) in [6.07, 6.45) is 2.64. The first-order valence-electron chi connectivity index (χ1n) is 6.98. The second-order valence-electron chi connectivity index (χ2n) is 5.47. The molecular formula is C17H16N2O3. The lowest BCUT2D eigenvalue weighted by Gasteiger charge is -2.15. The Morgan fingerprint density at radius 3 is 2.77 bits per heavy atom. The summed E-state index contributed by atoms with van der Waals surface area (Å²) >= 11 is 0. The van der Waals surface area contributed by atoms with Gasteiger partial charge in [0.1, 0.15) is 22.7 Å². The first-order chi connectivity index (χ1) is 10.5. The molecular weight excluding hydrogens is 280 g/mol. The Kier molecular flexibility index (Phi) is 3.33. The molecule has 0 saturated carbocycles. The minimum atomic E-state index is -0.265. The molecule has 1 aliphatic carbocycles. The van der Waals surface area contributed by atoms with Crippen LogP contribution in [-0.4, -0.2) is 20.0 Å². The zero-order chi connectivity index (χ0) is 15.9. The van der Waals surface area contributed by atoms with Crippen molar-refractivity contribution in [3.63, 3.8) is 0 Å². The van der Waals surface area contributed by atoms with Gasteiger partial charge in [-0.2, -0.15) is 4.73 Å². The monoisotopic (exact) mass is 296 g/mol. The number of rotatable bonds is 2. The third-order valence-corrected chi connectivity index (χ3v) is 3.59. The molecule has 1 aromatic carbocycles. The molecule has 0 amide bonds. The van der Waals surface area contributed by atoms with Crippen LogP contribution < -0.4 is 5.43 Å². The highest BCUT2D eigenvalue weighted by Crippen LogP contribution is 2.30. The van der Waals surface area contributed by atoms with Gasteiger partial charge in [-0.05, 0) is 44.0 Å². The van der Waals surface area contributed by atoms with Crippen LogP contribution in [0, 0.1) is 0 Å². The molecule has 0 bridgehead atoms. The van der Waals surface area contributed by atoms with E-state index < -0.39 is 0 Å². The molecule has 0 fully saturated rings. The van der Waals surface area contributed by atoms with Crippen LogP contribution >= 0.6 is 0 Å². The Morgan fingerprint density at radius 1 is 1.27 bits per heavy atom. The summed E-state index contributed by atoms with van der Waals surface area (Å²) in [5.74, 6) is -0.0795. The van der Waals surface area contributed by atoms with Gasteiger partial charge in [0.05, 0.1) is 5.52 Å². The maximum absolute atomic E-state index is 12.0. The summed E-state index contributed by atoms with van der Waals surface area (Å²) in [5.41, 5.74) is 2.81. The fraction of sp³-hybridized carbons (Fsp3) is 0.176. The van der Waals surface area contributed by atoms with Crippen LogP contribution in [0.2, 0.25) is 0 Å². The Bertz CT molecular complexity index is 921. The number of para-hydroxylation sites is 1. The molecule has 112 valence electrons. The first kappa shape index (κ1) is 14.1. The van der Waals surface area contributed by atoms with Gasteiger partial charge in [0.15, 0.2) is 0 Å². The highest BCUT2D eigenvalue weighted by molar-refractivity contribution is 5.87. The highest BCUT2D eigenvalue weighted by atomic mass is 16.5. The zero-order valence-electron chi connectivity index (χ0n) is 12.4. The molecule has 22 heavy (non-hydrogen) atoms. The number of hydrogen-bond donors (Lipinski definition) is 2. The standard InChI is InChI=1S/C17H16N2O3/c1-10(2)6-7-11-8-9-14(21)17-15(11)18-16-12(19(17)22)4-3-5-13(16)20/h3-6,8-9,21-22H,7H2,1-2H3. The summed E-state index contributed by atoms with van der Waals surface area (Å²) in [6.45, 7) is 3.99. The lowest BCUT2D eigenvalue weighted by Crippen LogP contribution is -2.13. The molecule has 1 aliphatic heterocycles. The lowest BCUT2D eigenvalue weighted by molar-refractivity contribution is 0.200. The predicted molar refractivity (Wildman–Crippen MR) is 84.6 cm³/mol.